The summed E-state index contributed by atoms with van der Waals surface area (Å²) in [5.74, 6) is -0.137. The van der Waals surface area contributed by atoms with Crippen molar-refractivity contribution in [3.63, 3.8) is 0 Å². The van der Waals surface area contributed by atoms with Crippen molar-refractivity contribution in [1.29, 1.82) is 0 Å². The molecule has 0 spiro atoms. The van der Waals surface area contributed by atoms with Crippen LogP contribution in [0.4, 0.5) is 0 Å². The minimum atomic E-state index is -0.889. The maximum atomic E-state index is 10.2. The smallest absolute Gasteiger partial charge is 0.328 e. The fourth-order valence-corrected chi connectivity index (χ4v) is 1.07. The van der Waals surface area contributed by atoms with E-state index in [1.54, 1.807) is 6.08 Å². The van der Waals surface area contributed by atoms with Crippen LogP contribution in [-0.2, 0) is 4.79 Å². The average molecular weight is 196 g/mol. The Labute approximate surface area is 86.3 Å². The first-order chi connectivity index (χ1) is 6.56. The standard InChI is InChI=1S/C12H20O2/c1-4-10(2)6-5-7-11(3)8-9-12(13)14/h7-10H,4-6H2,1-3H3,(H,13,14). The van der Waals surface area contributed by atoms with E-state index in [9.17, 15) is 4.79 Å². The molecule has 2 nitrogen and oxygen atoms in total. The van der Waals surface area contributed by atoms with Gasteiger partial charge >= 0.3 is 5.97 Å². The van der Waals surface area contributed by atoms with Crippen LogP contribution >= 0.6 is 0 Å². The number of carboxylic acid groups (broad SMARTS) is 1. The normalized spacial score (nSPS) is 14.6. The molecular formula is C12H20O2. The topological polar surface area (TPSA) is 37.3 Å². The molecule has 0 rings (SSSR count). The third kappa shape index (κ3) is 7.59. The van der Waals surface area contributed by atoms with Crippen LogP contribution in [0.15, 0.2) is 23.8 Å². The summed E-state index contributed by atoms with van der Waals surface area (Å²) in [5, 5.41) is 8.40. The molecule has 80 valence electrons. The number of hydrogen-bond donors (Lipinski definition) is 1. The van der Waals surface area contributed by atoms with Crippen molar-refractivity contribution < 1.29 is 9.90 Å². The van der Waals surface area contributed by atoms with E-state index < -0.39 is 5.97 Å². The van der Waals surface area contributed by atoms with E-state index >= 15 is 0 Å². The van der Waals surface area contributed by atoms with Gasteiger partial charge in [-0.1, -0.05) is 38.0 Å². The van der Waals surface area contributed by atoms with Crippen molar-refractivity contribution in [2.75, 3.05) is 0 Å². The Morgan fingerprint density at radius 3 is 2.57 bits per heavy atom. The second-order valence-corrected chi connectivity index (χ2v) is 3.71. The monoisotopic (exact) mass is 196 g/mol. The van der Waals surface area contributed by atoms with Gasteiger partial charge in [-0.2, -0.15) is 0 Å². The van der Waals surface area contributed by atoms with E-state index in [2.05, 4.69) is 19.9 Å². The molecule has 14 heavy (non-hydrogen) atoms. The molecule has 0 bridgehead atoms. The molecular weight excluding hydrogens is 176 g/mol. The largest absolute Gasteiger partial charge is 0.478 e. The number of rotatable bonds is 6. The summed E-state index contributed by atoms with van der Waals surface area (Å²) in [6, 6.07) is 0. The molecule has 1 unspecified atom stereocenters. The summed E-state index contributed by atoms with van der Waals surface area (Å²) in [6.07, 6.45) is 8.32. The molecule has 0 saturated carbocycles. The predicted octanol–water partition coefficient (Wildman–Crippen LogP) is 3.40. The highest BCUT2D eigenvalue weighted by Crippen LogP contribution is 2.11. The zero-order valence-electron chi connectivity index (χ0n) is 9.29. The van der Waals surface area contributed by atoms with Crippen LogP contribution in [0.5, 0.6) is 0 Å². The molecule has 1 N–H and O–H groups in total. The van der Waals surface area contributed by atoms with Crippen molar-refractivity contribution in [2.24, 2.45) is 5.92 Å². The Balaban J connectivity index is 3.82. The van der Waals surface area contributed by atoms with Crippen molar-refractivity contribution >= 4 is 5.97 Å². The van der Waals surface area contributed by atoms with E-state index in [1.165, 1.54) is 18.9 Å². The van der Waals surface area contributed by atoms with Gasteiger partial charge in [0.05, 0.1) is 0 Å². The highest BCUT2D eigenvalue weighted by molar-refractivity contribution is 5.80. The van der Waals surface area contributed by atoms with Crippen molar-refractivity contribution in [2.45, 2.75) is 40.0 Å². The van der Waals surface area contributed by atoms with Crippen LogP contribution in [0.1, 0.15) is 40.0 Å². The van der Waals surface area contributed by atoms with Crippen LogP contribution in [0.2, 0.25) is 0 Å². The number of carboxylic acids is 1. The number of hydrogen-bond acceptors (Lipinski definition) is 1. The van der Waals surface area contributed by atoms with Gasteiger partial charge in [-0.25, -0.2) is 4.79 Å². The van der Waals surface area contributed by atoms with Crippen LogP contribution in [0.3, 0.4) is 0 Å². The number of allylic oxidation sites excluding steroid dienone is 3. The molecule has 0 aromatic carbocycles. The third-order valence-electron chi connectivity index (χ3n) is 2.31. The summed E-state index contributed by atoms with van der Waals surface area (Å²) in [6.45, 7) is 6.35. The maximum Gasteiger partial charge on any atom is 0.328 e. The van der Waals surface area contributed by atoms with Crippen molar-refractivity contribution in [1.82, 2.24) is 0 Å². The Kier molecular flexibility index (Phi) is 6.81. The zero-order valence-corrected chi connectivity index (χ0v) is 9.29. The predicted molar refractivity (Wildman–Crippen MR) is 59.2 cm³/mol. The van der Waals surface area contributed by atoms with Crippen LogP contribution < -0.4 is 0 Å². The molecule has 2 heteroatoms. The quantitative estimate of drug-likeness (QED) is 0.522. The summed E-state index contributed by atoms with van der Waals surface area (Å²) >= 11 is 0. The summed E-state index contributed by atoms with van der Waals surface area (Å²) in [7, 11) is 0. The summed E-state index contributed by atoms with van der Waals surface area (Å²) in [5.41, 5.74) is 1.02. The Morgan fingerprint density at radius 1 is 1.43 bits per heavy atom. The molecule has 0 heterocycles. The maximum absolute atomic E-state index is 10.2. The van der Waals surface area contributed by atoms with Gasteiger partial charge in [0.2, 0.25) is 0 Å². The molecule has 0 radical (unpaired) electrons. The Morgan fingerprint density at radius 2 is 2.07 bits per heavy atom. The zero-order chi connectivity index (χ0) is 11.0. The fourth-order valence-electron chi connectivity index (χ4n) is 1.07. The van der Waals surface area contributed by atoms with E-state index in [0.717, 1.165) is 17.9 Å². The molecule has 0 saturated heterocycles. The first kappa shape index (κ1) is 12.9. The lowest BCUT2D eigenvalue weighted by atomic mass is 10.0. The minimum Gasteiger partial charge on any atom is -0.478 e. The lowest BCUT2D eigenvalue weighted by Crippen LogP contribution is -1.90. The highest BCUT2D eigenvalue weighted by Gasteiger charge is 1.95. The van der Waals surface area contributed by atoms with E-state index in [-0.39, 0.29) is 0 Å². The lowest BCUT2D eigenvalue weighted by molar-refractivity contribution is -0.131. The molecule has 0 aliphatic rings. The second kappa shape index (κ2) is 7.36. The van der Waals surface area contributed by atoms with Gasteiger partial charge in [-0.3, -0.25) is 0 Å². The molecule has 0 aromatic heterocycles. The van der Waals surface area contributed by atoms with E-state index in [4.69, 9.17) is 5.11 Å². The van der Waals surface area contributed by atoms with E-state index in [0.29, 0.717) is 0 Å². The Bertz CT molecular complexity index is 226. The van der Waals surface area contributed by atoms with E-state index in [1.807, 2.05) is 6.92 Å². The van der Waals surface area contributed by atoms with Crippen LogP contribution in [-0.4, -0.2) is 11.1 Å². The summed E-state index contributed by atoms with van der Waals surface area (Å²) in [4.78, 5) is 10.2. The van der Waals surface area contributed by atoms with Gasteiger partial charge in [0.15, 0.2) is 0 Å². The van der Waals surface area contributed by atoms with Crippen LogP contribution in [0.25, 0.3) is 0 Å². The second-order valence-electron chi connectivity index (χ2n) is 3.71. The van der Waals surface area contributed by atoms with Crippen molar-refractivity contribution in [3.05, 3.63) is 23.8 Å². The number of carbonyl (C=O) groups is 1. The lowest BCUT2D eigenvalue weighted by Gasteiger charge is -2.04. The SMILES string of the molecule is CCC(C)CCC=C(C)C=CC(=O)O. The first-order valence-corrected chi connectivity index (χ1v) is 5.14. The molecule has 1 atom stereocenters. The summed E-state index contributed by atoms with van der Waals surface area (Å²) < 4.78 is 0. The van der Waals surface area contributed by atoms with Gasteiger partial charge in [0, 0.05) is 6.08 Å². The highest BCUT2D eigenvalue weighted by atomic mass is 16.4. The molecule has 0 fully saturated rings. The molecule has 0 amide bonds. The van der Waals surface area contributed by atoms with Gasteiger partial charge < -0.3 is 5.11 Å². The van der Waals surface area contributed by atoms with Gasteiger partial charge in [0.1, 0.15) is 0 Å². The average Bonchev–Trinajstić information content (AvgIpc) is 2.14. The van der Waals surface area contributed by atoms with Gasteiger partial charge in [-0.15, -0.1) is 0 Å². The minimum absolute atomic E-state index is 0.752. The molecule has 0 aliphatic heterocycles. The van der Waals surface area contributed by atoms with Crippen molar-refractivity contribution in [3.8, 4) is 0 Å². The fraction of sp³-hybridized carbons (Fsp3) is 0.583. The third-order valence-corrected chi connectivity index (χ3v) is 2.31. The molecule has 0 aliphatic carbocycles. The number of aliphatic carboxylic acids is 1. The van der Waals surface area contributed by atoms with Gasteiger partial charge in [0.25, 0.3) is 0 Å². The van der Waals surface area contributed by atoms with Crippen LogP contribution in [0, 0.1) is 5.92 Å². The molecule has 0 aromatic rings. The van der Waals surface area contributed by atoms with Gasteiger partial charge in [-0.05, 0) is 25.7 Å². The first-order valence-electron chi connectivity index (χ1n) is 5.14. The Hall–Kier alpha value is -1.05.